The smallest absolute Gasteiger partial charge is 0.0523 e. The molecule has 2 aromatic rings. The van der Waals surface area contributed by atoms with E-state index in [1.54, 1.807) is 0 Å². The molecule has 0 saturated carbocycles. The van der Waals surface area contributed by atoms with E-state index in [-0.39, 0.29) is 5.38 Å². The molecule has 3 rings (SSSR count). The Morgan fingerprint density at radius 3 is 2.65 bits per heavy atom. The summed E-state index contributed by atoms with van der Waals surface area (Å²) in [6, 6.07) is 15.2. The lowest BCUT2D eigenvalue weighted by atomic mass is 9.75. The van der Waals surface area contributed by atoms with Gasteiger partial charge in [-0.1, -0.05) is 68.0 Å². The summed E-state index contributed by atoms with van der Waals surface area (Å²) in [7, 11) is 0. The molecule has 1 unspecified atom stereocenters. The van der Waals surface area contributed by atoms with Gasteiger partial charge in [-0.3, -0.25) is 0 Å². The summed E-state index contributed by atoms with van der Waals surface area (Å²) < 4.78 is 0. The second kappa shape index (κ2) is 5.26. The van der Waals surface area contributed by atoms with E-state index in [9.17, 15) is 0 Å². The second-order valence-electron chi connectivity index (χ2n) is 6.70. The van der Waals surface area contributed by atoms with Crippen LogP contribution >= 0.6 is 11.6 Å². The van der Waals surface area contributed by atoms with Crippen molar-refractivity contribution >= 4 is 22.4 Å². The zero-order valence-corrected chi connectivity index (χ0v) is 13.0. The molecule has 20 heavy (non-hydrogen) atoms. The first kappa shape index (κ1) is 13.7. The van der Waals surface area contributed by atoms with Crippen molar-refractivity contribution in [2.75, 3.05) is 0 Å². The first-order valence-electron chi connectivity index (χ1n) is 7.34. The molecule has 1 atom stereocenters. The molecular formula is C19H21Cl. The van der Waals surface area contributed by atoms with Crippen LogP contribution < -0.4 is 0 Å². The zero-order valence-electron chi connectivity index (χ0n) is 12.2. The SMILES string of the molecule is CC1(C)CC(Cc2cccc3ccccc23)=CC(Cl)C1. The highest BCUT2D eigenvalue weighted by Gasteiger charge is 2.27. The normalized spacial score (nSPS) is 21.8. The fourth-order valence-corrected chi connectivity index (χ4v) is 4.00. The lowest BCUT2D eigenvalue weighted by molar-refractivity contribution is 0.320. The van der Waals surface area contributed by atoms with Gasteiger partial charge in [0.25, 0.3) is 0 Å². The zero-order chi connectivity index (χ0) is 14.2. The van der Waals surface area contributed by atoms with E-state index in [0.717, 1.165) is 19.3 Å². The maximum absolute atomic E-state index is 6.40. The van der Waals surface area contributed by atoms with Gasteiger partial charge in [0.1, 0.15) is 0 Å². The van der Waals surface area contributed by atoms with Gasteiger partial charge in [0.05, 0.1) is 5.38 Å². The van der Waals surface area contributed by atoms with Crippen molar-refractivity contribution in [3.63, 3.8) is 0 Å². The molecule has 0 amide bonds. The molecule has 0 N–H and O–H groups in total. The second-order valence-corrected chi connectivity index (χ2v) is 7.26. The molecule has 0 aliphatic heterocycles. The molecule has 2 aromatic carbocycles. The van der Waals surface area contributed by atoms with Crippen molar-refractivity contribution in [3.05, 3.63) is 59.7 Å². The van der Waals surface area contributed by atoms with Gasteiger partial charge in [0.2, 0.25) is 0 Å². The van der Waals surface area contributed by atoms with E-state index >= 15 is 0 Å². The van der Waals surface area contributed by atoms with Gasteiger partial charge in [-0.2, -0.15) is 0 Å². The first-order valence-corrected chi connectivity index (χ1v) is 7.77. The number of fused-ring (bicyclic) bond motifs is 1. The van der Waals surface area contributed by atoms with E-state index in [4.69, 9.17) is 11.6 Å². The van der Waals surface area contributed by atoms with E-state index < -0.39 is 0 Å². The lowest BCUT2D eigenvalue weighted by Gasteiger charge is -2.32. The summed E-state index contributed by atoms with van der Waals surface area (Å²) in [6.45, 7) is 4.64. The summed E-state index contributed by atoms with van der Waals surface area (Å²) in [5.41, 5.74) is 3.22. The van der Waals surface area contributed by atoms with Crippen LogP contribution in [0.1, 0.15) is 32.3 Å². The van der Waals surface area contributed by atoms with Crippen molar-refractivity contribution < 1.29 is 0 Å². The quantitative estimate of drug-likeness (QED) is 0.487. The van der Waals surface area contributed by atoms with Crippen LogP contribution in [0, 0.1) is 5.41 Å². The van der Waals surface area contributed by atoms with Crippen LogP contribution in [0.2, 0.25) is 0 Å². The average Bonchev–Trinajstić information content (AvgIpc) is 2.37. The summed E-state index contributed by atoms with van der Waals surface area (Å²) in [5.74, 6) is 0. The number of halogens is 1. The molecule has 1 aliphatic carbocycles. The van der Waals surface area contributed by atoms with Crippen LogP contribution in [0.4, 0.5) is 0 Å². The molecule has 104 valence electrons. The predicted octanol–water partition coefficient (Wildman–Crippen LogP) is 5.74. The van der Waals surface area contributed by atoms with Crippen LogP contribution in [0.5, 0.6) is 0 Å². The fourth-order valence-electron chi connectivity index (χ4n) is 3.40. The Hall–Kier alpha value is -1.27. The van der Waals surface area contributed by atoms with Crippen molar-refractivity contribution in [1.82, 2.24) is 0 Å². The van der Waals surface area contributed by atoms with Gasteiger partial charge >= 0.3 is 0 Å². The molecule has 1 heteroatoms. The average molecular weight is 285 g/mol. The van der Waals surface area contributed by atoms with Crippen molar-refractivity contribution in [3.8, 4) is 0 Å². The van der Waals surface area contributed by atoms with Gasteiger partial charge in [-0.15, -0.1) is 11.6 Å². The van der Waals surface area contributed by atoms with Crippen LogP contribution in [0.25, 0.3) is 10.8 Å². The van der Waals surface area contributed by atoms with E-state index in [2.05, 4.69) is 62.4 Å². The number of hydrogen-bond donors (Lipinski definition) is 0. The lowest BCUT2D eigenvalue weighted by Crippen LogP contribution is -2.22. The Labute approximate surface area is 126 Å². The molecule has 0 aromatic heterocycles. The molecule has 0 fully saturated rings. The monoisotopic (exact) mass is 284 g/mol. The van der Waals surface area contributed by atoms with Crippen LogP contribution in [-0.4, -0.2) is 5.38 Å². The Morgan fingerprint density at radius 2 is 1.85 bits per heavy atom. The molecule has 0 spiro atoms. The van der Waals surface area contributed by atoms with E-state index in [1.807, 2.05) is 0 Å². The van der Waals surface area contributed by atoms with Crippen LogP contribution in [-0.2, 0) is 6.42 Å². The Balaban J connectivity index is 1.94. The third-order valence-electron chi connectivity index (χ3n) is 4.17. The number of allylic oxidation sites excluding steroid dienone is 2. The molecule has 0 nitrogen and oxygen atoms in total. The van der Waals surface area contributed by atoms with E-state index in [1.165, 1.54) is 21.9 Å². The molecule has 0 saturated heterocycles. The largest absolute Gasteiger partial charge is 0.118 e. The number of benzene rings is 2. The Kier molecular flexibility index (Phi) is 3.60. The Bertz CT molecular complexity index is 646. The summed E-state index contributed by atoms with van der Waals surface area (Å²) in [6.07, 6.45) is 5.52. The minimum absolute atomic E-state index is 0.184. The minimum Gasteiger partial charge on any atom is -0.118 e. The third kappa shape index (κ3) is 2.91. The summed E-state index contributed by atoms with van der Waals surface area (Å²) in [4.78, 5) is 0. The minimum atomic E-state index is 0.184. The van der Waals surface area contributed by atoms with E-state index in [0.29, 0.717) is 5.41 Å². The van der Waals surface area contributed by atoms with Crippen molar-refractivity contribution in [1.29, 1.82) is 0 Å². The summed E-state index contributed by atoms with van der Waals surface area (Å²) in [5, 5.41) is 2.87. The number of alkyl halides is 1. The van der Waals surface area contributed by atoms with Gasteiger partial charge < -0.3 is 0 Å². The van der Waals surface area contributed by atoms with Crippen molar-refractivity contribution in [2.45, 2.75) is 38.5 Å². The highest BCUT2D eigenvalue weighted by molar-refractivity contribution is 6.21. The maximum Gasteiger partial charge on any atom is 0.0523 e. The third-order valence-corrected chi connectivity index (χ3v) is 4.45. The van der Waals surface area contributed by atoms with Gasteiger partial charge in [-0.05, 0) is 41.0 Å². The Morgan fingerprint density at radius 1 is 1.10 bits per heavy atom. The number of hydrogen-bond acceptors (Lipinski definition) is 0. The van der Waals surface area contributed by atoms with Crippen LogP contribution in [0.15, 0.2) is 54.1 Å². The molecular weight excluding hydrogens is 264 g/mol. The molecule has 1 aliphatic rings. The topological polar surface area (TPSA) is 0 Å². The molecule has 0 bridgehead atoms. The highest BCUT2D eigenvalue weighted by Crippen LogP contribution is 2.38. The van der Waals surface area contributed by atoms with Gasteiger partial charge in [-0.25, -0.2) is 0 Å². The molecule has 0 heterocycles. The first-order chi connectivity index (χ1) is 9.53. The highest BCUT2D eigenvalue weighted by atomic mass is 35.5. The standard InChI is InChI=1S/C19H21Cl/c1-19(2)12-14(11-17(20)13-19)10-16-8-5-7-15-6-3-4-9-18(15)16/h3-9,11,17H,10,12-13H2,1-2H3. The predicted molar refractivity (Wildman–Crippen MR) is 88.4 cm³/mol. The maximum atomic E-state index is 6.40. The number of rotatable bonds is 2. The van der Waals surface area contributed by atoms with Crippen LogP contribution in [0.3, 0.4) is 0 Å². The molecule has 0 radical (unpaired) electrons. The summed E-state index contributed by atoms with van der Waals surface area (Å²) >= 11 is 6.40. The van der Waals surface area contributed by atoms with Crippen molar-refractivity contribution in [2.24, 2.45) is 5.41 Å². The van der Waals surface area contributed by atoms with Gasteiger partial charge in [0.15, 0.2) is 0 Å². The fraction of sp³-hybridized carbons (Fsp3) is 0.368. The van der Waals surface area contributed by atoms with Gasteiger partial charge in [0, 0.05) is 0 Å².